The molecule has 0 amide bonds. The van der Waals surface area contributed by atoms with Crippen molar-refractivity contribution in [3.05, 3.63) is 127 Å². The van der Waals surface area contributed by atoms with E-state index in [-0.39, 0.29) is 0 Å². The molecule has 0 atom stereocenters. The van der Waals surface area contributed by atoms with Crippen LogP contribution in [-0.4, -0.2) is 4.98 Å². The SMILES string of the molecule is C1=Cc2oc3c(N(c4ccc5c(ccc6ccccc65)c4)c4cncc5c4oc4ccccc45)cccc3c2CN1. The third kappa shape index (κ3) is 3.26. The Labute approximate surface area is 234 Å². The van der Waals surface area contributed by atoms with Gasteiger partial charge in [0.1, 0.15) is 17.0 Å². The van der Waals surface area contributed by atoms with E-state index < -0.39 is 0 Å². The summed E-state index contributed by atoms with van der Waals surface area (Å²) < 4.78 is 13.1. The number of anilines is 3. The molecular formula is C36H23N3O2. The second-order valence-electron chi connectivity index (χ2n) is 10.5. The summed E-state index contributed by atoms with van der Waals surface area (Å²) in [7, 11) is 0. The summed E-state index contributed by atoms with van der Waals surface area (Å²) in [6.07, 6.45) is 7.71. The maximum atomic E-state index is 6.54. The molecule has 1 aliphatic heterocycles. The molecule has 1 aliphatic rings. The summed E-state index contributed by atoms with van der Waals surface area (Å²) in [5.74, 6) is 0.885. The second kappa shape index (κ2) is 8.47. The van der Waals surface area contributed by atoms with E-state index in [1.807, 2.05) is 42.9 Å². The molecule has 0 fully saturated rings. The van der Waals surface area contributed by atoms with Crippen LogP contribution in [0.5, 0.6) is 0 Å². The number of nitrogens with one attached hydrogen (secondary N) is 1. The fraction of sp³-hybridized carbons (Fsp3) is 0.0278. The van der Waals surface area contributed by atoms with Crippen LogP contribution in [0.25, 0.3) is 60.5 Å². The van der Waals surface area contributed by atoms with E-state index >= 15 is 0 Å². The molecule has 3 aromatic heterocycles. The van der Waals surface area contributed by atoms with Crippen LogP contribution in [0.3, 0.4) is 0 Å². The van der Waals surface area contributed by atoms with Gasteiger partial charge in [0.2, 0.25) is 0 Å². The number of hydrogen-bond donors (Lipinski definition) is 1. The van der Waals surface area contributed by atoms with E-state index in [1.165, 1.54) is 16.2 Å². The Bertz CT molecular complexity index is 2340. The first-order valence-electron chi connectivity index (χ1n) is 13.7. The van der Waals surface area contributed by atoms with Crippen LogP contribution in [0.1, 0.15) is 11.3 Å². The number of para-hydroxylation sites is 2. The molecule has 8 aromatic rings. The average molecular weight is 530 g/mol. The lowest BCUT2D eigenvalue weighted by molar-refractivity contribution is 0.592. The largest absolute Gasteiger partial charge is 0.454 e. The first-order valence-corrected chi connectivity index (χ1v) is 13.7. The van der Waals surface area contributed by atoms with Crippen LogP contribution >= 0.6 is 0 Å². The van der Waals surface area contributed by atoms with Gasteiger partial charge in [0.15, 0.2) is 11.2 Å². The molecule has 9 rings (SSSR count). The highest BCUT2D eigenvalue weighted by Crippen LogP contribution is 2.46. The zero-order chi connectivity index (χ0) is 26.9. The van der Waals surface area contributed by atoms with Crippen molar-refractivity contribution < 1.29 is 8.83 Å². The standard InChI is InChI=1S/C36H23N3O2/c1-2-7-25-22(6-1)12-13-23-18-24(14-15-26(23)25)39(31-10-5-9-28-29-19-37-17-16-34(29)41-35(28)31)32-21-38-20-30-27-8-3-4-11-33(27)40-36(30)32/h1-18,20-21,37H,19H2. The maximum absolute atomic E-state index is 6.54. The average Bonchev–Trinajstić information content (AvgIpc) is 3.61. The lowest BCUT2D eigenvalue weighted by Gasteiger charge is -2.25. The Kier molecular flexibility index (Phi) is 4.61. The van der Waals surface area contributed by atoms with E-state index in [2.05, 4.69) is 89.1 Å². The Balaban J connectivity index is 1.36. The summed E-state index contributed by atoms with van der Waals surface area (Å²) in [5.41, 5.74) is 6.40. The summed E-state index contributed by atoms with van der Waals surface area (Å²) >= 11 is 0. The normalized spacial score (nSPS) is 12.9. The minimum atomic E-state index is 0.728. The smallest absolute Gasteiger partial charge is 0.162 e. The number of benzene rings is 5. The third-order valence-electron chi connectivity index (χ3n) is 8.20. The molecule has 5 aromatic carbocycles. The van der Waals surface area contributed by atoms with Gasteiger partial charge in [-0.2, -0.15) is 0 Å². The van der Waals surface area contributed by atoms with E-state index in [0.29, 0.717) is 0 Å². The monoisotopic (exact) mass is 529 g/mol. The Hall–Kier alpha value is -5.55. The van der Waals surface area contributed by atoms with Gasteiger partial charge < -0.3 is 19.1 Å². The molecule has 0 unspecified atom stereocenters. The van der Waals surface area contributed by atoms with Gasteiger partial charge in [-0.3, -0.25) is 4.98 Å². The number of fused-ring (bicyclic) bond motifs is 9. The molecule has 5 heteroatoms. The summed E-state index contributed by atoms with van der Waals surface area (Å²) in [6.45, 7) is 0.728. The van der Waals surface area contributed by atoms with Gasteiger partial charge in [-0.15, -0.1) is 0 Å². The molecule has 0 bridgehead atoms. The van der Waals surface area contributed by atoms with Crippen LogP contribution in [0.4, 0.5) is 17.1 Å². The van der Waals surface area contributed by atoms with Crippen molar-refractivity contribution in [1.82, 2.24) is 10.3 Å². The Morgan fingerprint density at radius 2 is 1.44 bits per heavy atom. The molecule has 0 radical (unpaired) electrons. The van der Waals surface area contributed by atoms with Gasteiger partial charge in [0.05, 0.1) is 11.9 Å². The van der Waals surface area contributed by atoms with E-state index in [4.69, 9.17) is 13.8 Å². The second-order valence-corrected chi connectivity index (χ2v) is 10.5. The number of nitrogens with zero attached hydrogens (tertiary/aromatic N) is 2. The van der Waals surface area contributed by atoms with Crippen molar-refractivity contribution in [3.8, 4) is 0 Å². The lowest BCUT2D eigenvalue weighted by Crippen LogP contribution is -2.11. The van der Waals surface area contributed by atoms with Crippen molar-refractivity contribution >= 4 is 77.6 Å². The van der Waals surface area contributed by atoms with Crippen molar-refractivity contribution in [2.24, 2.45) is 0 Å². The quantitative estimate of drug-likeness (QED) is 0.231. The maximum Gasteiger partial charge on any atom is 0.162 e. The van der Waals surface area contributed by atoms with Crippen LogP contribution < -0.4 is 10.2 Å². The predicted molar refractivity (Wildman–Crippen MR) is 167 cm³/mol. The van der Waals surface area contributed by atoms with Gasteiger partial charge in [-0.25, -0.2) is 0 Å². The van der Waals surface area contributed by atoms with E-state index in [9.17, 15) is 0 Å². The highest BCUT2D eigenvalue weighted by Gasteiger charge is 2.25. The summed E-state index contributed by atoms with van der Waals surface area (Å²) in [4.78, 5) is 6.93. The third-order valence-corrected chi connectivity index (χ3v) is 8.20. The van der Waals surface area contributed by atoms with Crippen molar-refractivity contribution in [1.29, 1.82) is 0 Å². The Morgan fingerprint density at radius 3 is 2.41 bits per heavy atom. The molecule has 0 saturated heterocycles. The van der Waals surface area contributed by atoms with Crippen LogP contribution in [0.2, 0.25) is 0 Å². The minimum absolute atomic E-state index is 0.728. The van der Waals surface area contributed by atoms with Crippen molar-refractivity contribution in [2.75, 3.05) is 4.90 Å². The zero-order valence-corrected chi connectivity index (χ0v) is 22.0. The zero-order valence-electron chi connectivity index (χ0n) is 22.0. The molecule has 1 N–H and O–H groups in total. The molecule has 4 heterocycles. The topological polar surface area (TPSA) is 54.4 Å². The number of hydrogen-bond acceptors (Lipinski definition) is 5. The molecule has 0 spiro atoms. The van der Waals surface area contributed by atoms with Crippen LogP contribution in [0, 0.1) is 0 Å². The molecule has 0 aliphatic carbocycles. The molecular weight excluding hydrogens is 506 g/mol. The number of furan rings is 2. The van der Waals surface area contributed by atoms with E-state index in [0.717, 1.165) is 73.2 Å². The first-order chi connectivity index (χ1) is 20.3. The van der Waals surface area contributed by atoms with Crippen molar-refractivity contribution in [3.63, 3.8) is 0 Å². The van der Waals surface area contributed by atoms with Crippen LogP contribution in [0.15, 0.2) is 124 Å². The highest BCUT2D eigenvalue weighted by atomic mass is 16.3. The number of pyridine rings is 1. The summed E-state index contributed by atoms with van der Waals surface area (Å²) in [5, 5.41) is 11.3. The molecule has 5 nitrogen and oxygen atoms in total. The van der Waals surface area contributed by atoms with Gasteiger partial charge in [0, 0.05) is 46.4 Å². The molecule has 194 valence electrons. The Morgan fingerprint density at radius 1 is 0.634 bits per heavy atom. The molecule has 41 heavy (non-hydrogen) atoms. The minimum Gasteiger partial charge on any atom is -0.454 e. The fourth-order valence-corrected chi connectivity index (χ4v) is 6.29. The number of aromatic nitrogens is 1. The van der Waals surface area contributed by atoms with Gasteiger partial charge in [0.25, 0.3) is 0 Å². The number of rotatable bonds is 3. The fourth-order valence-electron chi connectivity index (χ4n) is 6.29. The molecule has 0 saturated carbocycles. The van der Waals surface area contributed by atoms with E-state index in [1.54, 1.807) is 0 Å². The first kappa shape index (κ1) is 22.3. The lowest BCUT2D eigenvalue weighted by atomic mass is 10.0. The van der Waals surface area contributed by atoms with Crippen LogP contribution in [-0.2, 0) is 6.54 Å². The van der Waals surface area contributed by atoms with Gasteiger partial charge >= 0.3 is 0 Å². The van der Waals surface area contributed by atoms with Crippen molar-refractivity contribution in [2.45, 2.75) is 6.54 Å². The highest BCUT2D eigenvalue weighted by molar-refractivity contribution is 6.12. The van der Waals surface area contributed by atoms with Gasteiger partial charge in [-0.05, 0) is 51.9 Å². The van der Waals surface area contributed by atoms with Gasteiger partial charge in [-0.1, -0.05) is 72.8 Å². The predicted octanol–water partition coefficient (Wildman–Crippen LogP) is 9.58. The summed E-state index contributed by atoms with van der Waals surface area (Å²) in [6, 6.07) is 34.0.